The van der Waals surface area contributed by atoms with Gasteiger partial charge in [0, 0.05) is 44.3 Å². The number of aromatic nitrogens is 1. The molecule has 1 amide bonds. The average Bonchev–Trinajstić information content (AvgIpc) is 2.94. The molecule has 1 aromatic heterocycles. The monoisotopic (exact) mass is 582 g/mol. The number of sulfonamides is 1. The predicted octanol–water partition coefficient (Wildman–Crippen LogP) is 5.84. The summed E-state index contributed by atoms with van der Waals surface area (Å²) in [5.74, 6) is 1.64. The van der Waals surface area contributed by atoms with Crippen LogP contribution in [-0.4, -0.2) is 46.0 Å². The Hall–Kier alpha value is -3.10. The van der Waals surface area contributed by atoms with E-state index in [1.807, 2.05) is 30.5 Å². The highest BCUT2D eigenvalue weighted by Gasteiger charge is 2.26. The Morgan fingerprint density at radius 3 is 2.50 bits per heavy atom. The third-order valence-corrected chi connectivity index (χ3v) is 10.1. The van der Waals surface area contributed by atoms with Gasteiger partial charge in [-0.1, -0.05) is 35.9 Å². The van der Waals surface area contributed by atoms with Gasteiger partial charge in [0.2, 0.25) is 5.91 Å². The van der Waals surface area contributed by atoms with Crippen molar-refractivity contribution in [1.82, 2.24) is 10.3 Å². The van der Waals surface area contributed by atoms with Crippen molar-refractivity contribution < 1.29 is 13.2 Å². The van der Waals surface area contributed by atoms with Crippen LogP contribution in [-0.2, 0) is 21.2 Å². The van der Waals surface area contributed by atoms with Crippen LogP contribution < -0.4 is 14.5 Å². The maximum atomic E-state index is 13.5. The van der Waals surface area contributed by atoms with E-state index in [1.165, 1.54) is 9.87 Å². The van der Waals surface area contributed by atoms with E-state index in [9.17, 15) is 13.2 Å². The van der Waals surface area contributed by atoms with Crippen LogP contribution in [0.15, 0.2) is 59.6 Å². The molecule has 214 valence electrons. The number of aryl methyl sites for hydroxylation is 4. The molecule has 0 aliphatic carbocycles. The van der Waals surface area contributed by atoms with Gasteiger partial charge in [0.25, 0.3) is 10.0 Å². The molecule has 9 heteroatoms. The van der Waals surface area contributed by atoms with E-state index < -0.39 is 10.0 Å². The van der Waals surface area contributed by atoms with Crippen LogP contribution in [0, 0.1) is 26.7 Å². The lowest BCUT2D eigenvalue weighted by molar-refractivity contribution is -0.121. The molecule has 0 bridgehead atoms. The van der Waals surface area contributed by atoms with Crippen molar-refractivity contribution in [3.63, 3.8) is 0 Å². The highest BCUT2D eigenvalue weighted by Crippen LogP contribution is 2.31. The third kappa shape index (κ3) is 6.96. The summed E-state index contributed by atoms with van der Waals surface area (Å²) in [4.78, 5) is 19.8. The highest BCUT2D eigenvalue weighted by molar-refractivity contribution is 7.92. The van der Waals surface area contributed by atoms with Gasteiger partial charge in [0.1, 0.15) is 5.82 Å². The van der Waals surface area contributed by atoms with Crippen molar-refractivity contribution in [2.24, 2.45) is 5.92 Å². The van der Waals surface area contributed by atoms with E-state index in [2.05, 4.69) is 28.2 Å². The molecule has 4 rings (SSSR count). The number of nitrogens with one attached hydrogen (secondary N) is 1. The van der Waals surface area contributed by atoms with Gasteiger partial charge in [-0.25, -0.2) is 13.4 Å². The van der Waals surface area contributed by atoms with E-state index >= 15 is 0 Å². The summed E-state index contributed by atoms with van der Waals surface area (Å²) >= 11 is 6.19. The highest BCUT2D eigenvalue weighted by atomic mass is 35.5. The fourth-order valence-corrected chi connectivity index (χ4v) is 7.07. The van der Waals surface area contributed by atoms with Crippen LogP contribution in [0.4, 0.5) is 11.5 Å². The number of pyridine rings is 1. The lowest BCUT2D eigenvalue weighted by Gasteiger charge is -2.33. The van der Waals surface area contributed by atoms with Gasteiger partial charge in [-0.15, -0.1) is 0 Å². The molecule has 0 unspecified atom stereocenters. The normalized spacial score (nSPS) is 14.3. The maximum absolute atomic E-state index is 13.5. The third-order valence-electron chi connectivity index (χ3n) is 7.82. The fourth-order valence-electron chi connectivity index (χ4n) is 5.33. The molecule has 3 aromatic rings. The molecule has 0 radical (unpaired) electrons. The standard InChI is InChI=1S/C31H39ClN4O3S/c1-22-8-7-16-34-31(22)36-18-14-25(15-19-36)13-17-33-30(37)12-11-26-9-5-6-10-28(26)35(4)40(38,39)29-21-23(2)27(32)20-24(29)3/h5-10,16,20-21,25H,11-15,17-19H2,1-4H3,(H,33,37). The van der Waals surface area contributed by atoms with E-state index in [1.54, 1.807) is 39.1 Å². The number of hydrogen-bond acceptors (Lipinski definition) is 5. The molecule has 2 aromatic carbocycles. The molecule has 7 nitrogen and oxygen atoms in total. The summed E-state index contributed by atoms with van der Waals surface area (Å²) in [5.41, 5.74) is 3.88. The largest absolute Gasteiger partial charge is 0.356 e. The molecule has 0 saturated carbocycles. The first kappa shape index (κ1) is 29.9. The molecule has 1 fully saturated rings. The number of rotatable bonds is 10. The maximum Gasteiger partial charge on any atom is 0.264 e. The Bertz CT molecular complexity index is 1450. The molecular formula is C31H39ClN4O3S. The summed E-state index contributed by atoms with van der Waals surface area (Å²) in [6.45, 7) is 8.25. The number of para-hydroxylation sites is 1. The number of hydrogen-bond donors (Lipinski definition) is 1. The van der Waals surface area contributed by atoms with Crippen molar-refractivity contribution in [2.75, 3.05) is 35.9 Å². The smallest absolute Gasteiger partial charge is 0.264 e. The van der Waals surface area contributed by atoms with Crippen molar-refractivity contribution in [1.29, 1.82) is 0 Å². The van der Waals surface area contributed by atoms with Crippen molar-refractivity contribution >= 4 is 39.0 Å². The van der Waals surface area contributed by atoms with Crippen LogP contribution in [0.3, 0.4) is 0 Å². The Labute approximate surface area is 243 Å². The Kier molecular flexibility index (Phi) is 9.74. The first-order chi connectivity index (χ1) is 19.1. The molecule has 0 spiro atoms. The zero-order chi connectivity index (χ0) is 28.9. The zero-order valence-corrected chi connectivity index (χ0v) is 25.4. The van der Waals surface area contributed by atoms with Crippen LogP contribution in [0.25, 0.3) is 0 Å². The van der Waals surface area contributed by atoms with Crippen LogP contribution >= 0.6 is 11.6 Å². The number of anilines is 2. The number of benzene rings is 2. The van der Waals surface area contributed by atoms with E-state index in [4.69, 9.17) is 11.6 Å². The number of carbonyl (C=O) groups is 1. The number of nitrogens with zero attached hydrogens (tertiary/aromatic N) is 3. The van der Waals surface area contributed by atoms with Gasteiger partial charge >= 0.3 is 0 Å². The molecule has 40 heavy (non-hydrogen) atoms. The first-order valence-corrected chi connectivity index (χ1v) is 15.7. The van der Waals surface area contributed by atoms with Gasteiger partial charge in [-0.3, -0.25) is 9.10 Å². The minimum atomic E-state index is -3.81. The van der Waals surface area contributed by atoms with E-state index in [0.717, 1.165) is 43.7 Å². The molecule has 0 atom stereocenters. The van der Waals surface area contributed by atoms with Gasteiger partial charge in [0.05, 0.1) is 10.6 Å². The summed E-state index contributed by atoms with van der Waals surface area (Å²) < 4.78 is 28.3. The Balaban J connectivity index is 1.29. The summed E-state index contributed by atoms with van der Waals surface area (Å²) in [5, 5.41) is 3.60. The molecule has 1 N–H and O–H groups in total. The second-order valence-corrected chi connectivity index (χ2v) is 13.0. The second kappa shape index (κ2) is 13.0. The Morgan fingerprint density at radius 1 is 1.05 bits per heavy atom. The van der Waals surface area contributed by atoms with Gasteiger partial charge in [-0.2, -0.15) is 0 Å². The molecule has 1 aliphatic rings. The zero-order valence-electron chi connectivity index (χ0n) is 23.8. The van der Waals surface area contributed by atoms with E-state index in [0.29, 0.717) is 47.1 Å². The fraction of sp³-hybridized carbons (Fsp3) is 0.419. The average molecular weight is 583 g/mol. The quantitative estimate of drug-likeness (QED) is 0.325. The van der Waals surface area contributed by atoms with Gasteiger partial charge in [-0.05, 0) is 98.9 Å². The van der Waals surface area contributed by atoms with Gasteiger partial charge in [0.15, 0.2) is 0 Å². The molecule has 2 heterocycles. The molecular weight excluding hydrogens is 544 g/mol. The second-order valence-electron chi connectivity index (χ2n) is 10.7. The van der Waals surface area contributed by atoms with Gasteiger partial charge < -0.3 is 10.2 Å². The van der Waals surface area contributed by atoms with Crippen molar-refractivity contribution in [2.45, 2.75) is 57.8 Å². The summed E-state index contributed by atoms with van der Waals surface area (Å²) in [7, 11) is -2.25. The number of carbonyl (C=O) groups excluding carboxylic acids is 1. The minimum absolute atomic E-state index is 0.0222. The number of piperidine rings is 1. The Morgan fingerprint density at radius 2 is 1.77 bits per heavy atom. The molecule has 1 saturated heterocycles. The number of halogens is 1. The van der Waals surface area contributed by atoms with Crippen LogP contribution in [0.1, 0.15) is 47.9 Å². The SMILES string of the molecule is Cc1cc(S(=O)(=O)N(C)c2ccccc2CCC(=O)NCCC2CCN(c3ncccc3C)CC2)c(C)cc1Cl. The lowest BCUT2D eigenvalue weighted by atomic mass is 9.93. The number of amides is 1. The van der Waals surface area contributed by atoms with Crippen LogP contribution in [0.2, 0.25) is 5.02 Å². The topological polar surface area (TPSA) is 82.6 Å². The predicted molar refractivity (Wildman–Crippen MR) is 163 cm³/mol. The summed E-state index contributed by atoms with van der Waals surface area (Å²) in [6, 6.07) is 14.7. The molecule has 1 aliphatic heterocycles. The van der Waals surface area contributed by atoms with Crippen LogP contribution in [0.5, 0.6) is 0 Å². The minimum Gasteiger partial charge on any atom is -0.356 e. The lowest BCUT2D eigenvalue weighted by Crippen LogP contribution is -2.36. The summed E-state index contributed by atoms with van der Waals surface area (Å²) in [6.07, 6.45) is 5.72. The first-order valence-electron chi connectivity index (χ1n) is 13.8. The van der Waals surface area contributed by atoms with Crippen molar-refractivity contribution in [3.8, 4) is 0 Å². The van der Waals surface area contributed by atoms with Crippen molar-refractivity contribution in [3.05, 3.63) is 82.0 Å². The van der Waals surface area contributed by atoms with E-state index in [-0.39, 0.29) is 10.8 Å².